The standard InChI is InChI=1S/C61H61N7O10/c1-34(2)56(66-61(73)78-33-49-45-13-8-6-11-43(45)44-12-7-9-14-46(44)49)58(70)64-35(3)57(69)65-40-19-17-37(18-20-40)39-24-42-30-63-51-28-55(53(75-5)26-48(51)60(72)68(42)32-39)77-22-10-21-76-54-27-50-47(25-52(54)74-4)59(71)67-31-38(36-15-16-36)23-41(67)29-62-50/h6-9,11-14,17-20,25-32,34-36,41-42,49,56H,10,15-16,21-24,33H2,1-5H3,(H,64,70)(H,65,69)(H,66,73)/t35-,41-,42-,56-/m0/s1. The van der Waals surface area contributed by atoms with E-state index in [2.05, 4.69) is 28.1 Å². The minimum atomic E-state index is -0.951. The number of ether oxygens (including phenoxy) is 5. The van der Waals surface area contributed by atoms with E-state index in [9.17, 15) is 24.0 Å². The Morgan fingerprint density at radius 2 is 1.22 bits per heavy atom. The van der Waals surface area contributed by atoms with Gasteiger partial charge in [-0.25, -0.2) is 4.79 Å². The minimum absolute atomic E-state index is 0.0883. The van der Waals surface area contributed by atoms with Crippen molar-refractivity contribution in [3.8, 4) is 34.1 Å². The monoisotopic (exact) mass is 1050 g/mol. The van der Waals surface area contributed by atoms with Crippen molar-refractivity contribution >= 4 is 64.8 Å². The molecule has 0 unspecified atom stereocenters. The second-order valence-corrected chi connectivity index (χ2v) is 20.7. The van der Waals surface area contributed by atoms with Gasteiger partial charge in [-0.05, 0) is 101 Å². The second kappa shape index (κ2) is 21.7. The maximum Gasteiger partial charge on any atom is 0.407 e. The van der Waals surface area contributed by atoms with Crippen LogP contribution in [-0.4, -0.2) is 110 Å². The van der Waals surface area contributed by atoms with Crippen LogP contribution in [0.15, 0.2) is 125 Å². The van der Waals surface area contributed by atoms with Crippen LogP contribution in [0.1, 0.15) is 96.2 Å². The second-order valence-electron chi connectivity index (χ2n) is 20.7. The Balaban J connectivity index is 0.656. The number of hydrogen-bond acceptors (Lipinski definition) is 12. The van der Waals surface area contributed by atoms with E-state index in [0.717, 1.165) is 39.8 Å². The summed E-state index contributed by atoms with van der Waals surface area (Å²) >= 11 is 0. The van der Waals surface area contributed by atoms with Gasteiger partial charge in [0.2, 0.25) is 11.8 Å². The smallest absolute Gasteiger partial charge is 0.407 e. The van der Waals surface area contributed by atoms with Crippen molar-refractivity contribution < 1.29 is 47.7 Å². The molecular formula is C61H61N7O10. The molecule has 5 aromatic carbocycles. The number of carbonyl (C=O) groups excluding carboxylic acids is 5. The van der Waals surface area contributed by atoms with Gasteiger partial charge in [0, 0.05) is 61.4 Å². The number of nitrogens with one attached hydrogen (secondary N) is 3. The van der Waals surface area contributed by atoms with Crippen LogP contribution >= 0.6 is 0 Å². The quantitative estimate of drug-likeness (QED) is 0.0710. The number of amides is 5. The Morgan fingerprint density at radius 1 is 0.654 bits per heavy atom. The summed E-state index contributed by atoms with van der Waals surface area (Å²) in [5.74, 6) is 0.583. The van der Waals surface area contributed by atoms with Crippen molar-refractivity contribution in [1.82, 2.24) is 20.4 Å². The fraction of sp³-hybridized carbons (Fsp3) is 0.328. The first-order valence-electron chi connectivity index (χ1n) is 26.5. The fourth-order valence-electron chi connectivity index (χ4n) is 10.8. The molecule has 78 heavy (non-hydrogen) atoms. The molecule has 0 saturated heterocycles. The Morgan fingerprint density at radius 3 is 1.78 bits per heavy atom. The zero-order chi connectivity index (χ0) is 54.2. The molecule has 0 spiro atoms. The van der Waals surface area contributed by atoms with Crippen molar-refractivity contribution in [1.29, 1.82) is 0 Å². The predicted octanol–water partition coefficient (Wildman–Crippen LogP) is 9.75. The maximum absolute atomic E-state index is 14.1. The van der Waals surface area contributed by atoms with Crippen LogP contribution in [0.2, 0.25) is 0 Å². The van der Waals surface area contributed by atoms with Gasteiger partial charge in [-0.2, -0.15) is 0 Å². The van der Waals surface area contributed by atoms with E-state index in [0.29, 0.717) is 69.9 Å². The first kappa shape index (κ1) is 51.4. The van der Waals surface area contributed by atoms with Gasteiger partial charge < -0.3 is 49.4 Å². The van der Waals surface area contributed by atoms with E-state index in [4.69, 9.17) is 33.7 Å². The molecule has 5 aromatic rings. The average molecular weight is 1050 g/mol. The molecule has 0 radical (unpaired) electrons. The molecular weight excluding hydrogens is 991 g/mol. The highest BCUT2D eigenvalue weighted by Crippen LogP contribution is 2.46. The lowest BCUT2D eigenvalue weighted by molar-refractivity contribution is -0.128. The summed E-state index contributed by atoms with van der Waals surface area (Å²) in [6, 6.07) is 27.9. The Labute approximate surface area is 452 Å². The van der Waals surface area contributed by atoms with Crippen LogP contribution in [0.3, 0.4) is 0 Å². The molecule has 1 fully saturated rings. The summed E-state index contributed by atoms with van der Waals surface area (Å²) in [6.07, 6.45) is 10.9. The van der Waals surface area contributed by atoms with Gasteiger partial charge in [-0.15, -0.1) is 0 Å². The summed E-state index contributed by atoms with van der Waals surface area (Å²) in [4.78, 5) is 80.6. The highest BCUT2D eigenvalue weighted by molar-refractivity contribution is 6.06. The molecule has 0 bridgehead atoms. The molecule has 400 valence electrons. The molecule has 6 aliphatic rings. The first-order chi connectivity index (χ1) is 37.8. The van der Waals surface area contributed by atoms with Gasteiger partial charge in [-0.3, -0.25) is 29.2 Å². The summed E-state index contributed by atoms with van der Waals surface area (Å²) in [5, 5.41) is 8.32. The lowest BCUT2D eigenvalue weighted by Gasteiger charge is -2.24. The molecule has 1 saturated carbocycles. The van der Waals surface area contributed by atoms with Crippen LogP contribution in [0, 0.1) is 11.8 Å². The van der Waals surface area contributed by atoms with E-state index in [-0.39, 0.29) is 55.6 Å². The summed E-state index contributed by atoms with van der Waals surface area (Å²) < 4.78 is 29.4. The Kier molecular flexibility index (Phi) is 14.3. The molecule has 17 heteroatoms. The molecule has 2 aliphatic carbocycles. The SMILES string of the molecule is COc1cc2c(cc1OCCCOc1cc3c(cc1OC)C(=O)N1C=C(C4CC4)C[C@H]1C=N3)N=C[C@@H]1CC(c3ccc(NC(=O)[C@H](C)NC(=O)[C@@H](NC(=O)OCC4c5ccccc5-c5ccccc54)C(C)C)cc3)=CN1C2=O. The van der Waals surface area contributed by atoms with Crippen molar-refractivity contribution in [3.63, 3.8) is 0 Å². The lowest BCUT2D eigenvalue weighted by atomic mass is 9.98. The highest BCUT2D eigenvalue weighted by Gasteiger charge is 2.39. The number of hydrogen-bond donors (Lipinski definition) is 3. The van der Waals surface area contributed by atoms with Crippen LogP contribution in [0.5, 0.6) is 23.0 Å². The number of anilines is 1. The van der Waals surface area contributed by atoms with Gasteiger partial charge in [0.25, 0.3) is 11.8 Å². The zero-order valence-corrected chi connectivity index (χ0v) is 44.1. The normalized spacial score (nSPS) is 18.4. The van der Waals surface area contributed by atoms with E-state index in [1.165, 1.54) is 25.5 Å². The van der Waals surface area contributed by atoms with Gasteiger partial charge in [0.1, 0.15) is 18.7 Å². The van der Waals surface area contributed by atoms with Crippen LogP contribution in [0.25, 0.3) is 16.7 Å². The van der Waals surface area contributed by atoms with Gasteiger partial charge in [0.15, 0.2) is 23.0 Å². The van der Waals surface area contributed by atoms with Crippen molar-refractivity contribution in [2.45, 2.75) is 83.0 Å². The van der Waals surface area contributed by atoms with Crippen LogP contribution < -0.4 is 34.9 Å². The van der Waals surface area contributed by atoms with Gasteiger partial charge in [-0.1, -0.05) is 74.5 Å². The molecule has 3 N–H and O–H groups in total. The number of nitrogens with zero attached hydrogens (tertiary/aromatic N) is 4. The third-order valence-corrected chi connectivity index (χ3v) is 15.2. The van der Waals surface area contributed by atoms with Gasteiger partial charge in [0.05, 0.1) is 62.0 Å². The first-order valence-corrected chi connectivity index (χ1v) is 26.5. The highest BCUT2D eigenvalue weighted by atomic mass is 16.5. The Hall–Kier alpha value is -8.73. The molecule has 17 nitrogen and oxygen atoms in total. The third-order valence-electron chi connectivity index (χ3n) is 15.2. The third kappa shape index (κ3) is 10.3. The van der Waals surface area contributed by atoms with Crippen molar-refractivity contribution in [2.24, 2.45) is 21.8 Å². The largest absolute Gasteiger partial charge is 0.493 e. The maximum atomic E-state index is 14.1. The van der Waals surface area contributed by atoms with Crippen molar-refractivity contribution in [2.75, 3.05) is 39.4 Å². The summed E-state index contributed by atoms with van der Waals surface area (Å²) in [5.41, 5.74) is 9.81. The number of benzene rings is 5. The molecule has 11 rings (SSSR count). The van der Waals surface area contributed by atoms with Crippen LogP contribution in [-0.2, 0) is 14.3 Å². The fourth-order valence-corrected chi connectivity index (χ4v) is 10.8. The number of carbonyl (C=O) groups is 5. The molecule has 4 aliphatic heterocycles. The number of aliphatic imine (C=N–C) groups is 2. The number of rotatable bonds is 18. The minimum Gasteiger partial charge on any atom is -0.493 e. The number of methoxy groups -OCH3 is 2. The molecule has 5 amide bonds. The topological polar surface area (TPSA) is 199 Å². The number of alkyl carbamates (subject to hydrolysis) is 1. The zero-order valence-electron chi connectivity index (χ0n) is 44.1. The number of fused-ring (bicyclic) bond motifs is 7. The summed E-state index contributed by atoms with van der Waals surface area (Å²) in [7, 11) is 3.06. The molecule has 4 atom stereocenters. The Bertz CT molecular complexity index is 3300. The van der Waals surface area contributed by atoms with Gasteiger partial charge >= 0.3 is 6.09 Å². The van der Waals surface area contributed by atoms with E-state index >= 15 is 0 Å². The molecule has 4 heterocycles. The lowest BCUT2D eigenvalue weighted by Crippen LogP contribution is -2.53. The summed E-state index contributed by atoms with van der Waals surface area (Å²) in [6.45, 7) is 5.85. The predicted molar refractivity (Wildman–Crippen MR) is 295 cm³/mol. The van der Waals surface area contributed by atoms with E-state index in [1.807, 2.05) is 67.1 Å². The van der Waals surface area contributed by atoms with E-state index < -0.39 is 30.0 Å². The average Bonchev–Trinajstić information content (AvgIpc) is 4.20. The van der Waals surface area contributed by atoms with Crippen LogP contribution in [0.4, 0.5) is 21.9 Å². The molecule has 0 aromatic heterocycles. The van der Waals surface area contributed by atoms with Crippen molar-refractivity contribution in [3.05, 3.63) is 143 Å². The van der Waals surface area contributed by atoms with E-state index in [1.54, 1.807) is 80.3 Å².